The Morgan fingerprint density at radius 2 is 2.00 bits per heavy atom. The van der Waals surface area contributed by atoms with Gasteiger partial charge in [-0.3, -0.25) is 0 Å². The standard InChI is InChI=1S/C13H13N3O2/c1-7-4-5-18-12(7)11(14)8-2-3-9-10(6-8)16-13(17)15-9/h2-6,11H,14H2,1H3,(H2,15,16,17). The number of furan rings is 1. The zero-order valence-electron chi connectivity index (χ0n) is 9.86. The fourth-order valence-electron chi connectivity index (χ4n) is 2.10. The maximum absolute atomic E-state index is 11.2. The minimum Gasteiger partial charge on any atom is -0.467 e. The third-order valence-corrected chi connectivity index (χ3v) is 3.08. The number of rotatable bonds is 2. The molecular weight excluding hydrogens is 230 g/mol. The lowest BCUT2D eigenvalue weighted by molar-refractivity contribution is 0.487. The summed E-state index contributed by atoms with van der Waals surface area (Å²) in [4.78, 5) is 16.6. The summed E-state index contributed by atoms with van der Waals surface area (Å²) in [6.07, 6.45) is 1.63. The highest BCUT2D eigenvalue weighted by atomic mass is 16.3. The van der Waals surface area contributed by atoms with Crippen molar-refractivity contribution >= 4 is 11.0 Å². The normalized spacial score (nSPS) is 13.0. The first-order chi connectivity index (χ1) is 8.65. The predicted octanol–water partition coefficient (Wildman–Crippen LogP) is 1.81. The number of H-pyrrole nitrogens is 2. The lowest BCUT2D eigenvalue weighted by Gasteiger charge is -2.10. The second kappa shape index (κ2) is 3.89. The number of imidazole rings is 1. The highest BCUT2D eigenvalue weighted by Crippen LogP contribution is 2.24. The van der Waals surface area contributed by atoms with E-state index in [1.165, 1.54) is 0 Å². The average molecular weight is 243 g/mol. The van der Waals surface area contributed by atoms with Crippen LogP contribution < -0.4 is 11.4 Å². The van der Waals surface area contributed by atoms with Gasteiger partial charge in [0.05, 0.1) is 23.3 Å². The first kappa shape index (κ1) is 10.9. The molecule has 0 saturated carbocycles. The van der Waals surface area contributed by atoms with E-state index in [0.29, 0.717) is 0 Å². The first-order valence-corrected chi connectivity index (χ1v) is 5.66. The number of nitrogens with one attached hydrogen (secondary N) is 2. The van der Waals surface area contributed by atoms with Gasteiger partial charge in [-0.1, -0.05) is 6.07 Å². The molecule has 92 valence electrons. The van der Waals surface area contributed by atoms with Gasteiger partial charge in [0.25, 0.3) is 0 Å². The van der Waals surface area contributed by atoms with Crippen LogP contribution in [0, 0.1) is 6.92 Å². The van der Waals surface area contributed by atoms with Gasteiger partial charge in [-0.2, -0.15) is 0 Å². The highest BCUT2D eigenvalue weighted by molar-refractivity contribution is 5.75. The molecule has 0 aliphatic heterocycles. The van der Waals surface area contributed by atoms with Crippen LogP contribution in [0.25, 0.3) is 11.0 Å². The van der Waals surface area contributed by atoms with Crippen molar-refractivity contribution < 1.29 is 4.42 Å². The lowest BCUT2D eigenvalue weighted by atomic mass is 10.0. The van der Waals surface area contributed by atoms with Crippen LogP contribution >= 0.6 is 0 Å². The number of fused-ring (bicyclic) bond motifs is 1. The molecule has 0 amide bonds. The van der Waals surface area contributed by atoms with Gasteiger partial charge >= 0.3 is 5.69 Å². The van der Waals surface area contributed by atoms with Crippen LogP contribution in [-0.2, 0) is 0 Å². The Kier molecular flexibility index (Phi) is 2.34. The fourth-order valence-corrected chi connectivity index (χ4v) is 2.10. The molecule has 0 aliphatic rings. The third-order valence-electron chi connectivity index (χ3n) is 3.08. The van der Waals surface area contributed by atoms with Crippen LogP contribution in [0.2, 0.25) is 0 Å². The number of aromatic amines is 2. The molecule has 0 bridgehead atoms. The van der Waals surface area contributed by atoms with Crippen molar-refractivity contribution in [1.82, 2.24) is 9.97 Å². The van der Waals surface area contributed by atoms with Gasteiger partial charge in [-0.25, -0.2) is 4.79 Å². The molecule has 0 aliphatic carbocycles. The van der Waals surface area contributed by atoms with Crippen molar-refractivity contribution in [3.05, 3.63) is 57.9 Å². The Labute approximate surface area is 103 Å². The second-order valence-electron chi connectivity index (χ2n) is 4.33. The topological polar surface area (TPSA) is 87.8 Å². The Balaban J connectivity index is 2.09. The second-order valence-corrected chi connectivity index (χ2v) is 4.33. The van der Waals surface area contributed by atoms with Crippen molar-refractivity contribution in [3.63, 3.8) is 0 Å². The summed E-state index contributed by atoms with van der Waals surface area (Å²) in [6.45, 7) is 1.95. The van der Waals surface area contributed by atoms with Crippen molar-refractivity contribution in [2.75, 3.05) is 0 Å². The number of nitrogens with two attached hydrogens (primary N) is 1. The van der Waals surface area contributed by atoms with E-state index in [0.717, 1.165) is 27.9 Å². The Morgan fingerprint density at radius 3 is 2.72 bits per heavy atom. The summed E-state index contributed by atoms with van der Waals surface area (Å²) in [5, 5.41) is 0. The number of hydrogen-bond donors (Lipinski definition) is 3. The molecule has 5 heteroatoms. The van der Waals surface area contributed by atoms with E-state index in [-0.39, 0.29) is 11.7 Å². The summed E-state index contributed by atoms with van der Waals surface area (Å²) < 4.78 is 5.39. The molecular formula is C13H13N3O2. The zero-order chi connectivity index (χ0) is 12.7. The molecule has 3 rings (SSSR count). The van der Waals surface area contributed by atoms with Crippen LogP contribution in [0.3, 0.4) is 0 Å². The van der Waals surface area contributed by atoms with E-state index >= 15 is 0 Å². The molecule has 1 unspecified atom stereocenters. The van der Waals surface area contributed by atoms with Gasteiger partial charge in [0.1, 0.15) is 5.76 Å². The number of aromatic nitrogens is 2. The average Bonchev–Trinajstić information content (AvgIpc) is 2.91. The third kappa shape index (κ3) is 1.65. The molecule has 18 heavy (non-hydrogen) atoms. The minimum atomic E-state index is -0.331. The summed E-state index contributed by atoms with van der Waals surface area (Å²) >= 11 is 0. The number of benzene rings is 1. The van der Waals surface area contributed by atoms with Gasteiger partial charge in [0.2, 0.25) is 0 Å². The quantitative estimate of drug-likeness (QED) is 0.641. The molecule has 0 fully saturated rings. The highest BCUT2D eigenvalue weighted by Gasteiger charge is 2.15. The summed E-state index contributed by atoms with van der Waals surface area (Å²) in [7, 11) is 0. The van der Waals surface area contributed by atoms with Gasteiger partial charge in [-0.15, -0.1) is 0 Å². The van der Waals surface area contributed by atoms with E-state index in [1.807, 2.05) is 31.2 Å². The summed E-state index contributed by atoms with van der Waals surface area (Å²) in [5.41, 5.74) is 9.38. The van der Waals surface area contributed by atoms with Crippen LogP contribution in [0.4, 0.5) is 0 Å². The van der Waals surface area contributed by atoms with Crippen molar-refractivity contribution in [2.24, 2.45) is 5.73 Å². The number of hydrogen-bond acceptors (Lipinski definition) is 3. The van der Waals surface area contributed by atoms with Gasteiger partial charge in [0.15, 0.2) is 0 Å². The predicted molar refractivity (Wildman–Crippen MR) is 68.4 cm³/mol. The molecule has 5 nitrogen and oxygen atoms in total. The molecule has 3 aromatic rings. The Morgan fingerprint density at radius 1 is 1.22 bits per heavy atom. The van der Waals surface area contributed by atoms with E-state index < -0.39 is 0 Å². The maximum atomic E-state index is 11.2. The van der Waals surface area contributed by atoms with Crippen LogP contribution in [-0.4, -0.2) is 9.97 Å². The van der Waals surface area contributed by atoms with Crippen LogP contribution in [0.15, 0.2) is 39.7 Å². The van der Waals surface area contributed by atoms with Crippen LogP contribution in [0.1, 0.15) is 22.9 Å². The zero-order valence-corrected chi connectivity index (χ0v) is 9.86. The smallest absolute Gasteiger partial charge is 0.323 e. The van der Waals surface area contributed by atoms with E-state index in [2.05, 4.69) is 9.97 Å². The van der Waals surface area contributed by atoms with Gasteiger partial charge in [0, 0.05) is 0 Å². The number of aryl methyl sites for hydroxylation is 1. The summed E-state index contributed by atoms with van der Waals surface area (Å²) in [6, 6.07) is 7.13. The fraction of sp³-hybridized carbons (Fsp3) is 0.154. The van der Waals surface area contributed by atoms with E-state index in [1.54, 1.807) is 6.26 Å². The van der Waals surface area contributed by atoms with Crippen LogP contribution in [0.5, 0.6) is 0 Å². The molecule has 2 aromatic heterocycles. The molecule has 0 radical (unpaired) electrons. The lowest BCUT2D eigenvalue weighted by Crippen LogP contribution is -2.11. The SMILES string of the molecule is Cc1ccoc1C(N)c1ccc2[nH]c(=O)[nH]c2c1. The summed E-state index contributed by atoms with van der Waals surface area (Å²) in [5.74, 6) is 0.743. The largest absolute Gasteiger partial charge is 0.467 e. The molecule has 0 saturated heterocycles. The Hall–Kier alpha value is -2.27. The first-order valence-electron chi connectivity index (χ1n) is 5.66. The van der Waals surface area contributed by atoms with Crippen molar-refractivity contribution in [2.45, 2.75) is 13.0 Å². The monoisotopic (exact) mass is 243 g/mol. The molecule has 2 heterocycles. The molecule has 0 spiro atoms. The Bertz CT molecular complexity index is 751. The van der Waals surface area contributed by atoms with Crippen molar-refractivity contribution in [3.8, 4) is 0 Å². The van der Waals surface area contributed by atoms with Gasteiger partial charge in [-0.05, 0) is 36.2 Å². The minimum absolute atomic E-state index is 0.218. The van der Waals surface area contributed by atoms with Crippen molar-refractivity contribution in [1.29, 1.82) is 0 Å². The molecule has 4 N–H and O–H groups in total. The molecule has 1 atom stereocenters. The van der Waals surface area contributed by atoms with E-state index in [4.69, 9.17) is 10.2 Å². The van der Waals surface area contributed by atoms with Gasteiger partial charge < -0.3 is 20.1 Å². The maximum Gasteiger partial charge on any atom is 0.323 e. The molecule has 1 aromatic carbocycles. The van der Waals surface area contributed by atoms with E-state index in [9.17, 15) is 4.79 Å².